The molecule has 0 aliphatic carbocycles. The van der Waals surface area contributed by atoms with Crippen molar-refractivity contribution in [3.8, 4) is 0 Å². The van der Waals surface area contributed by atoms with Crippen LogP contribution in [0.15, 0.2) is 48.6 Å². The van der Waals surface area contributed by atoms with Crippen molar-refractivity contribution in [3.05, 3.63) is 48.6 Å². The molecule has 0 aromatic heterocycles. The number of carbonyl (C=O) groups is 3. The topological polar surface area (TPSA) is 78.9 Å². The summed E-state index contributed by atoms with van der Waals surface area (Å²) in [6.07, 6.45) is 59.5. The van der Waals surface area contributed by atoms with E-state index >= 15 is 0 Å². The van der Waals surface area contributed by atoms with Crippen molar-refractivity contribution in [2.75, 3.05) is 13.2 Å². The fourth-order valence-corrected chi connectivity index (χ4v) is 7.44. The summed E-state index contributed by atoms with van der Waals surface area (Å²) in [7, 11) is 0. The lowest BCUT2D eigenvalue weighted by atomic mass is 10.0. The first-order valence-corrected chi connectivity index (χ1v) is 26.2. The van der Waals surface area contributed by atoms with Gasteiger partial charge in [-0.15, -0.1) is 0 Å². The third kappa shape index (κ3) is 48.3. The van der Waals surface area contributed by atoms with Gasteiger partial charge in [-0.25, -0.2) is 0 Å². The number of carbonyl (C=O) groups excluding carboxylic acids is 3. The van der Waals surface area contributed by atoms with Crippen molar-refractivity contribution in [2.24, 2.45) is 0 Å². The Labute approximate surface area is 378 Å². The first kappa shape index (κ1) is 58.4. The summed E-state index contributed by atoms with van der Waals surface area (Å²) in [5, 5.41) is 0. The van der Waals surface area contributed by atoms with E-state index in [1.54, 1.807) is 0 Å². The lowest BCUT2D eigenvalue weighted by molar-refractivity contribution is -0.167. The standard InChI is InChI=1S/C55H98O6/c1-4-7-10-13-16-19-22-25-27-28-31-33-36-39-42-45-48-54(57)60-51-52(50-59-53(56)47-44-41-38-35-32-29-24-21-18-15-12-9-6-3)61-55(58)49-46-43-40-37-34-30-26-23-20-17-14-11-8-5-2/h9,12,15,18,21,24,30,34,52H,4-8,10-11,13-14,16-17,19-20,22-23,25-29,31-33,35-51H2,1-3H3/b12-9-,18-15-,24-21-,34-30-. The molecule has 1 atom stereocenters. The highest BCUT2D eigenvalue weighted by atomic mass is 16.6. The fourth-order valence-electron chi connectivity index (χ4n) is 7.44. The van der Waals surface area contributed by atoms with E-state index in [1.807, 2.05) is 0 Å². The molecule has 0 fully saturated rings. The molecule has 0 saturated carbocycles. The Bertz CT molecular complexity index is 1070. The summed E-state index contributed by atoms with van der Waals surface area (Å²) >= 11 is 0. The van der Waals surface area contributed by atoms with Crippen LogP contribution in [0.2, 0.25) is 0 Å². The summed E-state index contributed by atoms with van der Waals surface area (Å²) in [5.41, 5.74) is 0. The molecule has 0 N–H and O–H groups in total. The highest BCUT2D eigenvalue weighted by Gasteiger charge is 2.19. The Kier molecular flexibility index (Phi) is 47.9. The van der Waals surface area contributed by atoms with E-state index in [1.165, 1.54) is 128 Å². The van der Waals surface area contributed by atoms with E-state index in [-0.39, 0.29) is 31.1 Å². The zero-order valence-corrected chi connectivity index (χ0v) is 40.4. The number of unbranched alkanes of at least 4 members (excludes halogenated alkanes) is 30. The van der Waals surface area contributed by atoms with Crippen molar-refractivity contribution < 1.29 is 28.6 Å². The molecular formula is C55H98O6. The van der Waals surface area contributed by atoms with Crippen LogP contribution in [0.25, 0.3) is 0 Å². The van der Waals surface area contributed by atoms with E-state index in [4.69, 9.17) is 14.2 Å². The molecule has 61 heavy (non-hydrogen) atoms. The van der Waals surface area contributed by atoms with Gasteiger partial charge in [0.1, 0.15) is 13.2 Å². The predicted octanol–water partition coefficient (Wildman–Crippen LogP) is 17.1. The summed E-state index contributed by atoms with van der Waals surface area (Å²) in [6, 6.07) is 0. The third-order valence-electron chi connectivity index (χ3n) is 11.4. The average molecular weight is 855 g/mol. The van der Waals surface area contributed by atoms with Crippen LogP contribution in [0.5, 0.6) is 0 Å². The van der Waals surface area contributed by atoms with Crippen molar-refractivity contribution in [1.82, 2.24) is 0 Å². The molecule has 0 heterocycles. The second-order valence-corrected chi connectivity index (χ2v) is 17.5. The van der Waals surface area contributed by atoms with Gasteiger partial charge in [0.15, 0.2) is 6.10 Å². The molecule has 354 valence electrons. The maximum absolute atomic E-state index is 12.8. The minimum Gasteiger partial charge on any atom is -0.462 e. The van der Waals surface area contributed by atoms with Crippen LogP contribution in [0.1, 0.15) is 265 Å². The van der Waals surface area contributed by atoms with Crippen LogP contribution in [0, 0.1) is 0 Å². The Morgan fingerprint density at radius 3 is 1.05 bits per heavy atom. The van der Waals surface area contributed by atoms with Crippen LogP contribution >= 0.6 is 0 Å². The number of hydrogen-bond acceptors (Lipinski definition) is 6. The quantitative estimate of drug-likeness (QED) is 0.0199. The monoisotopic (exact) mass is 855 g/mol. The molecule has 0 radical (unpaired) electrons. The molecule has 0 rings (SSSR count). The molecule has 0 spiro atoms. The average Bonchev–Trinajstić information content (AvgIpc) is 3.26. The van der Waals surface area contributed by atoms with Crippen molar-refractivity contribution >= 4 is 17.9 Å². The smallest absolute Gasteiger partial charge is 0.306 e. The predicted molar refractivity (Wildman–Crippen MR) is 261 cm³/mol. The van der Waals surface area contributed by atoms with Crippen molar-refractivity contribution in [2.45, 2.75) is 271 Å². The number of rotatable bonds is 47. The van der Waals surface area contributed by atoms with Gasteiger partial charge in [-0.2, -0.15) is 0 Å². The maximum Gasteiger partial charge on any atom is 0.306 e. The fraction of sp³-hybridized carbons (Fsp3) is 0.800. The zero-order chi connectivity index (χ0) is 44.4. The molecule has 6 nitrogen and oxygen atoms in total. The van der Waals surface area contributed by atoms with Crippen LogP contribution in [0.4, 0.5) is 0 Å². The van der Waals surface area contributed by atoms with Crippen molar-refractivity contribution in [1.29, 1.82) is 0 Å². The molecular weight excluding hydrogens is 757 g/mol. The molecule has 0 saturated heterocycles. The molecule has 1 unspecified atom stereocenters. The van der Waals surface area contributed by atoms with Gasteiger partial charge in [0, 0.05) is 19.3 Å². The largest absolute Gasteiger partial charge is 0.462 e. The van der Waals surface area contributed by atoms with E-state index in [2.05, 4.69) is 69.4 Å². The normalized spacial score (nSPS) is 12.4. The number of hydrogen-bond donors (Lipinski definition) is 0. The van der Waals surface area contributed by atoms with Crippen molar-refractivity contribution in [3.63, 3.8) is 0 Å². The van der Waals surface area contributed by atoms with Gasteiger partial charge in [0.05, 0.1) is 0 Å². The molecule has 0 amide bonds. The van der Waals surface area contributed by atoms with Crippen LogP contribution < -0.4 is 0 Å². The molecule has 0 aromatic carbocycles. The van der Waals surface area contributed by atoms with Crippen LogP contribution in [-0.4, -0.2) is 37.2 Å². The van der Waals surface area contributed by atoms with Gasteiger partial charge in [-0.05, 0) is 64.2 Å². The first-order chi connectivity index (χ1) is 30.0. The molecule has 0 aromatic rings. The molecule has 6 heteroatoms. The SMILES string of the molecule is CC\C=C/C=C\C=C/CCCCCCCC(=O)OCC(COC(=O)CCCCCCCCCCCCCCCCCC)OC(=O)CCCCC/C=C\CCCCCCCCC. The highest BCUT2D eigenvalue weighted by molar-refractivity contribution is 5.71. The Morgan fingerprint density at radius 1 is 0.344 bits per heavy atom. The summed E-state index contributed by atoms with van der Waals surface area (Å²) in [6.45, 7) is 6.49. The van der Waals surface area contributed by atoms with Gasteiger partial charge < -0.3 is 14.2 Å². The maximum atomic E-state index is 12.8. The van der Waals surface area contributed by atoms with Crippen LogP contribution in [-0.2, 0) is 28.6 Å². The number of esters is 3. The zero-order valence-electron chi connectivity index (χ0n) is 40.4. The lowest BCUT2D eigenvalue weighted by Crippen LogP contribution is -2.30. The molecule has 0 aliphatic heterocycles. The summed E-state index contributed by atoms with van der Waals surface area (Å²) in [4.78, 5) is 38.0. The highest BCUT2D eigenvalue weighted by Crippen LogP contribution is 2.16. The second kappa shape index (κ2) is 50.0. The van der Waals surface area contributed by atoms with Crippen LogP contribution in [0.3, 0.4) is 0 Å². The lowest BCUT2D eigenvalue weighted by Gasteiger charge is -2.18. The van der Waals surface area contributed by atoms with E-state index in [9.17, 15) is 14.4 Å². The third-order valence-corrected chi connectivity index (χ3v) is 11.4. The summed E-state index contributed by atoms with van der Waals surface area (Å²) < 4.78 is 16.8. The molecule has 0 aliphatic rings. The first-order valence-electron chi connectivity index (χ1n) is 26.2. The van der Waals surface area contributed by atoms with Gasteiger partial charge >= 0.3 is 17.9 Å². The van der Waals surface area contributed by atoms with E-state index in [0.717, 1.165) is 96.3 Å². The Hall–Kier alpha value is -2.63. The van der Waals surface area contributed by atoms with Gasteiger partial charge in [0.25, 0.3) is 0 Å². The molecule has 0 bridgehead atoms. The van der Waals surface area contributed by atoms with Gasteiger partial charge in [0.2, 0.25) is 0 Å². The summed E-state index contributed by atoms with van der Waals surface area (Å²) in [5.74, 6) is -0.912. The minimum absolute atomic E-state index is 0.0834. The van der Waals surface area contributed by atoms with E-state index in [0.29, 0.717) is 19.3 Å². The second-order valence-electron chi connectivity index (χ2n) is 17.5. The number of ether oxygens (including phenoxy) is 3. The Morgan fingerprint density at radius 2 is 0.656 bits per heavy atom. The number of allylic oxidation sites excluding steroid dienone is 8. The minimum atomic E-state index is -0.786. The van der Waals surface area contributed by atoms with E-state index < -0.39 is 6.10 Å². The Balaban J connectivity index is 4.39. The van der Waals surface area contributed by atoms with Gasteiger partial charge in [-0.3, -0.25) is 14.4 Å². The van der Waals surface area contributed by atoms with Gasteiger partial charge in [-0.1, -0.05) is 230 Å².